The molecule has 8 atom stereocenters. The number of nitrogens with one attached hydrogen (secondary N) is 2. The number of aliphatic hydroxyl groups is 1. The Kier molecular flexibility index (Phi) is 24.6. The molecule has 1 aliphatic carbocycles. The van der Waals surface area contributed by atoms with Crippen LogP contribution in [0.2, 0.25) is 13.3 Å². The number of carbonyl (C=O) groups is 3. The number of ether oxygens (including phenoxy) is 2. The Morgan fingerprint density at radius 3 is 2.05 bits per heavy atom. The quantitative estimate of drug-likeness (QED) is 0.0235. The van der Waals surface area contributed by atoms with Crippen molar-refractivity contribution in [3.63, 3.8) is 0 Å². The molecule has 0 bridgehead atoms. The molecule has 0 spiro atoms. The van der Waals surface area contributed by atoms with E-state index >= 15 is 0 Å². The Balaban J connectivity index is 3.51. The molecule has 0 unspecified atom stereocenters. The Labute approximate surface area is 365 Å². The summed E-state index contributed by atoms with van der Waals surface area (Å²) in [6, 6.07) is -0.654. The molecule has 57 heavy (non-hydrogen) atoms. The van der Waals surface area contributed by atoms with Gasteiger partial charge in [-0.15, -0.1) is 0 Å². The number of hydrogen-bond acceptors (Lipinski definition) is 6. The summed E-state index contributed by atoms with van der Waals surface area (Å²) in [5.41, 5.74) is 0.268. The van der Waals surface area contributed by atoms with Crippen LogP contribution in [-0.2, 0) is 19.1 Å². The molecule has 0 aromatic rings. The molecule has 0 saturated heterocycles. The summed E-state index contributed by atoms with van der Waals surface area (Å²) in [6.07, 6.45) is 24.4. The van der Waals surface area contributed by atoms with Crippen molar-refractivity contribution in [3.05, 3.63) is 67.9 Å². The normalized spacial score (nSPS) is 22.4. The van der Waals surface area contributed by atoms with E-state index in [4.69, 9.17) is 9.47 Å². The van der Waals surface area contributed by atoms with Crippen LogP contribution in [0.4, 0.5) is 4.79 Å². The molecule has 0 fully saturated rings. The average molecular weight is 1010 g/mol. The average Bonchev–Trinajstić information content (AvgIpc) is 3.11. The van der Waals surface area contributed by atoms with Crippen molar-refractivity contribution in [1.82, 2.24) is 10.6 Å². The number of halogens is 1. The predicted molar refractivity (Wildman–Crippen MR) is 250 cm³/mol. The van der Waals surface area contributed by atoms with E-state index in [2.05, 4.69) is 102 Å². The molecule has 0 radical (unpaired) electrons. The van der Waals surface area contributed by atoms with Gasteiger partial charge in [-0.05, 0) is 40.0 Å². The van der Waals surface area contributed by atoms with Crippen LogP contribution >= 0.6 is 22.6 Å². The van der Waals surface area contributed by atoms with Crippen molar-refractivity contribution >= 4 is 58.9 Å². The van der Waals surface area contributed by atoms with Gasteiger partial charge in [0, 0.05) is 13.0 Å². The molecule has 10 heteroatoms. The van der Waals surface area contributed by atoms with Gasteiger partial charge in [0.15, 0.2) is 0 Å². The summed E-state index contributed by atoms with van der Waals surface area (Å²) < 4.78 is 19.4. The maximum atomic E-state index is 12.9. The Morgan fingerprint density at radius 1 is 0.965 bits per heavy atom. The third kappa shape index (κ3) is 20.8. The first kappa shape index (κ1) is 53.2. The van der Waals surface area contributed by atoms with Gasteiger partial charge >= 0.3 is 271 Å². The second-order valence-electron chi connectivity index (χ2n) is 17.9. The van der Waals surface area contributed by atoms with E-state index in [1.54, 1.807) is 19.1 Å². The van der Waals surface area contributed by atoms with Gasteiger partial charge in [-0.3, -0.25) is 4.79 Å². The van der Waals surface area contributed by atoms with Crippen molar-refractivity contribution < 1.29 is 29.0 Å². The van der Waals surface area contributed by atoms with Crippen LogP contribution in [0.3, 0.4) is 0 Å². The van der Waals surface area contributed by atoms with Crippen molar-refractivity contribution in [1.29, 1.82) is 0 Å². The van der Waals surface area contributed by atoms with Gasteiger partial charge in [0.25, 0.3) is 0 Å². The first-order valence-corrected chi connectivity index (χ1v) is 30.3. The van der Waals surface area contributed by atoms with Crippen LogP contribution in [0, 0.1) is 23.2 Å². The number of hydrogen-bond donors (Lipinski definition) is 3. The zero-order valence-electron chi connectivity index (χ0n) is 37.8. The summed E-state index contributed by atoms with van der Waals surface area (Å²) in [6.45, 7) is 26.0. The minimum atomic E-state index is -2.63. The van der Waals surface area contributed by atoms with Crippen molar-refractivity contribution in [2.24, 2.45) is 23.2 Å². The summed E-state index contributed by atoms with van der Waals surface area (Å²) >= 11 is -0.464. The van der Waals surface area contributed by atoms with E-state index in [-0.39, 0.29) is 29.2 Å². The number of carbonyl (C=O) groups excluding carboxylic acids is 3. The van der Waals surface area contributed by atoms with E-state index in [1.807, 2.05) is 47.6 Å². The number of amides is 2. The molecule has 3 N–H and O–H groups in total. The van der Waals surface area contributed by atoms with E-state index < -0.39 is 60.2 Å². The van der Waals surface area contributed by atoms with Gasteiger partial charge in [-0.2, -0.15) is 0 Å². The zero-order chi connectivity index (χ0) is 43.4. The van der Waals surface area contributed by atoms with Gasteiger partial charge in [-0.25, -0.2) is 4.79 Å². The fourth-order valence-electron chi connectivity index (χ4n) is 7.64. The number of esters is 1. The van der Waals surface area contributed by atoms with Gasteiger partial charge in [-0.1, -0.05) is 12.2 Å². The standard InChI is InChI=1S/C35H52IN2O6.3C4H9.Sn/c1-12-35(11)21-29(38-33(42)44-34(8,9)10)19-18-28(35)20-22(2)16-17-23(3)31(41)25(5)32(26(6)37-27(7)39)43-30(40)15-13-14-24(4)36;3*1-3-4-2;/h1,12-20,23,25-26,28-29,31-32,41H,21H2,2-11H3,(H,37,39)(H,38,42);3*1,3-4H2,2H3;/b12-1?,15-13+,17-16+,22-20+,24-14-;;;;/t23-,25+,26-,28-,29-,31-,32+,35-;;;;/m1..../s1. The second-order valence-corrected chi connectivity index (χ2v) is 32.6. The summed E-state index contributed by atoms with van der Waals surface area (Å²) in [4.78, 5) is 37.6. The number of alkyl carbamates (subject to hydrolysis) is 1. The third-order valence-electron chi connectivity index (χ3n) is 11.0. The number of rotatable bonds is 23. The van der Waals surface area contributed by atoms with Crippen molar-refractivity contribution in [2.45, 2.75) is 178 Å². The fourth-order valence-corrected chi connectivity index (χ4v) is 22.6. The number of allylic oxidation sites excluding steroid dienone is 8. The van der Waals surface area contributed by atoms with E-state index in [1.165, 1.54) is 64.8 Å². The Bertz CT molecular complexity index is 1420. The molecule has 8 nitrogen and oxygen atoms in total. The maximum absolute atomic E-state index is 12.9. The van der Waals surface area contributed by atoms with Crippen LogP contribution in [0.25, 0.3) is 0 Å². The van der Waals surface area contributed by atoms with Crippen LogP contribution in [-0.4, -0.2) is 71.3 Å². The number of unbranched alkanes of at least 4 members (excludes halogenated alkanes) is 3. The minimum absolute atomic E-state index is 0.0999. The predicted octanol–water partition coefficient (Wildman–Crippen LogP) is 11.9. The molecule has 0 saturated carbocycles. The number of aliphatic hydroxyl groups excluding tert-OH is 1. The summed E-state index contributed by atoms with van der Waals surface area (Å²) in [7, 11) is 0. The topological polar surface area (TPSA) is 114 Å². The van der Waals surface area contributed by atoms with E-state index in [9.17, 15) is 19.5 Å². The molecule has 0 heterocycles. The van der Waals surface area contributed by atoms with Gasteiger partial charge in [0.05, 0.1) is 6.04 Å². The first-order chi connectivity index (χ1) is 26.6. The van der Waals surface area contributed by atoms with E-state index in [0.717, 1.165) is 15.6 Å². The molecular weight excluding hydrogens is 934 g/mol. The molecule has 2 amide bonds. The van der Waals surface area contributed by atoms with Crippen LogP contribution < -0.4 is 10.6 Å². The zero-order valence-corrected chi connectivity index (χ0v) is 42.8. The Morgan fingerprint density at radius 2 is 1.54 bits per heavy atom. The molecule has 324 valence electrons. The van der Waals surface area contributed by atoms with Crippen LogP contribution in [0.15, 0.2) is 67.9 Å². The van der Waals surface area contributed by atoms with E-state index in [0.29, 0.717) is 0 Å². The molecule has 1 rings (SSSR count). The van der Waals surface area contributed by atoms with Crippen LogP contribution in [0.5, 0.6) is 0 Å². The molecular formula is C47H79IN2O6Sn. The third-order valence-corrected chi connectivity index (χ3v) is 25.4. The second kappa shape index (κ2) is 26.4. The summed E-state index contributed by atoms with van der Waals surface area (Å²) in [5, 5.41) is 17.5. The monoisotopic (exact) mass is 1010 g/mol. The fraction of sp³-hybridized carbons (Fsp3) is 0.681. The molecule has 0 aliphatic heterocycles. The van der Waals surface area contributed by atoms with Crippen molar-refractivity contribution in [3.8, 4) is 0 Å². The Hall–Kier alpha value is -1.86. The molecule has 0 aromatic heterocycles. The van der Waals surface area contributed by atoms with Crippen molar-refractivity contribution in [2.75, 3.05) is 0 Å². The summed E-state index contributed by atoms with van der Waals surface area (Å²) in [5.74, 6) is -1.41. The van der Waals surface area contributed by atoms with Gasteiger partial charge in [0.1, 0.15) is 0 Å². The van der Waals surface area contributed by atoms with Gasteiger partial charge < -0.3 is 10.1 Å². The molecule has 1 aliphatic rings. The molecule has 0 aromatic carbocycles. The first-order valence-electron chi connectivity index (χ1n) is 21.5. The van der Waals surface area contributed by atoms with Gasteiger partial charge in [0.2, 0.25) is 5.91 Å². The van der Waals surface area contributed by atoms with Crippen LogP contribution in [0.1, 0.15) is 135 Å². The SMILES string of the molecule is CCC[CH2][Sn](/[CH]=C/[C@]1(C)C[C@H](NC(=O)OC(C)(C)C)C=C[C@@H]1/C=C(C)/C=C/[C@@H](C)[C@@H](O)[C@H](C)[C@H](OC(=O)/C=C/C=C(/C)I)[C@@H](C)NC(C)=O)([CH2]CCC)[CH2]CCC.